The van der Waals surface area contributed by atoms with E-state index in [4.69, 9.17) is 11.6 Å². The van der Waals surface area contributed by atoms with Crippen LogP contribution in [0.15, 0.2) is 23.1 Å². The van der Waals surface area contributed by atoms with E-state index in [9.17, 15) is 4.79 Å². The zero-order chi connectivity index (χ0) is 11.9. The molecule has 4 nitrogen and oxygen atoms in total. The van der Waals surface area contributed by atoms with Crippen LogP contribution < -0.4 is 5.56 Å². The molecule has 0 amide bonds. The van der Waals surface area contributed by atoms with Gasteiger partial charge >= 0.3 is 0 Å². The molecule has 0 radical (unpaired) electrons. The number of hydrogen-bond donors (Lipinski definition) is 0. The quantitative estimate of drug-likeness (QED) is 0.706. The molecule has 0 N–H and O–H groups in total. The van der Waals surface area contributed by atoms with Gasteiger partial charge in [0, 0.05) is 11.7 Å². The first-order chi connectivity index (χ1) is 7.41. The van der Waals surface area contributed by atoms with Crippen LogP contribution in [0.2, 0.25) is 5.15 Å². The van der Waals surface area contributed by atoms with Crippen molar-refractivity contribution in [3.63, 3.8) is 0 Å². The Morgan fingerprint density at radius 3 is 2.69 bits per heavy atom. The predicted molar refractivity (Wildman–Crippen MR) is 63.8 cm³/mol. The van der Waals surface area contributed by atoms with Crippen molar-refractivity contribution in [1.29, 1.82) is 0 Å². The fraction of sp³-hybridized carbons (Fsp3) is 0.364. The second kappa shape index (κ2) is 3.56. The summed E-state index contributed by atoms with van der Waals surface area (Å²) in [7, 11) is 0. The minimum absolute atomic E-state index is 0.0406. The fourth-order valence-corrected chi connectivity index (χ4v) is 1.82. The van der Waals surface area contributed by atoms with Gasteiger partial charge in [-0.1, -0.05) is 11.6 Å². The summed E-state index contributed by atoms with van der Waals surface area (Å²) < 4.78 is 1.62. The number of aromatic nitrogens is 3. The van der Waals surface area contributed by atoms with Gasteiger partial charge in [-0.05, 0) is 32.9 Å². The van der Waals surface area contributed by atoms with Crippen LogP contribution in [-0.4, -0.2) is 14.5 Å². The zero-order valence-electron chi connectivity index (χ0n) is 9.36. The molecule has 84 valence electrons. The summed E-state index contributed by atoms with van der Waals surface area (Å²) in [5, 5.41) is -0.0406. The molecule has 2 aromatic heterocycles. The molecule has 0 spiro atoms. The Bertz CT molecular complexity index is 598. The van der Waals surface area contributed by atoms with Gasteiger partial charge in [-0.25, -0.2) is 9.97 Å². The Kier molecular flexibility index (Phi) is 2.46. The van der Waals surface area contributed by atoms with Gasteiger partial charge in [-0.15, -0.1) is 0 Å². The van der Waals surface area contributed by atoms with Crippen LogP contribution in [0.3, 0.4) is 0 Å². The molecule has 2 rings (SSSR count). The van der Waals surface area contributed by atoms with Crippen LogP contribution in [-0.2, 0) is 5.54 Å². The first-order valence-electron chi connectivity index (χ1n) is 4.95. The standard InChI is InChI=1S/C11H12ClN3O/c1-11(2,3)15-7-5-4-6-13-9(7)14-8(12)10(15)16/h4-6H,1-3H3. The second-order valence-electron chi connectivity index (χ2n) is 4.56. The molecule has 0 bridgehead atoms. The highest BCUT2D eigenvalue weighted by Crippen LogP contribution is 2.18. The SMILES string of the molecule is CC(C)(C)n1c(=O)c(Cl)nc2ncccc21. The summed E-state index contributed by atoms with van der Waals surface area (Å²) >= 11 is 5.81. The van der Waals surface area contributed by atoms with E-state index in [-0.39, 0.29) is 16.3 Å². The van der Waals surface area contributed by atoms with Gasteiger partial charge < -0.3 is 0 Å². The van der Waals surface area contributed by atoms with Crippen LogP contribution >= 0.6 is 11.6 Å². The number of pyridine rings is 1. The molecule has 16 heavy (non-hydrogen) atoms. The monoisotopic (exact) mass is 237 g/mol. The molecular formula is C11H12ClN3O. The van der Waals surface area contributed by atoms with E-state index in [1.807, 2.05) is 26.8 Å². The molecule has 0 unspecified atom stereocenters. The van der Waals surface area contributed by atoms with Gasteiger partial charge in [0.25, 0.3) is 5.56 Å². The van der Waals surface area contributed by atoms with Crippen molar-refractivity contribution in [2.75, 3.05) is 0 Å². The Morgan fingerprint density at radius 2 is 2.06 bits per heavy atom. The van der Waals surface area contributed by atoms with Crippen molar-refractivity contribution in [1.82, 2.24) is 14.5 Å². The van der Waals surface area contributed by atoms with E-state index in [2.05, 4.69) is 9.97 Å². The number of rotatable bonds is 0. The molecule has 2 heterocycles. The molecule has 0 atom stereocenters. The van der Waals surface area contributed by atoms with E-state index in [0.29, 0.717) is 11.2 Å². The molecule has 0 aliphatic carbocycles. The lowest BCUT2D eigenvalue weighted by atomic mass is 10.1. The first kappa shape index (κ1) is 11.1. The Labute approximate surface area is 97.9 Å². The molecular weight excluding hydrogens is 226 g/mol. The minimum atomic E-state index is -0.356. The van der Waals surface area contributed by atoms with E-state index in [1.54, 1.807) is 16.8 Å². The third-order valence-corrected chi connectivity index (χ3v) is 2.51. The van der Waals surface area contributed by atoms with Crippen molar-refractivity contribution < 1.29 is 0 Å². The van der Waals surface area contributed by atoms with E-state index < -0.39 is 0 Å². The van der Waals surface area contributed by atoms with Crippen LogP contribution in [0.1, 0.15) is 20.8 Å². The van der Waals surface area contributed by atoms with E-state index >= 15 is 0 Å². The maximum Gasteiger partial charge on any atom is 0.289 e. The Hall–Kier alpha value is -1.42. The first-order valence-corrected chi connectivity index (χ1v) is 5.33. The number of hydrogen-bond acceptors (Lipinski definition) is 3. The average molecular weight is 238 g/mol. The van der Waals surface area contributed by atoms with Crippen LogP contribution in [0.4, 0.5) is 0 Å². The average Bonchev–Trinajstić information content (AvgIpc) is 2.17. The summed E-state index contributed by atoms with van der Waals surface area (Å²) in [6.07, 6.45) is 1.63. The van der Waals surface area contributed by atoms with Crippen molar-refractivity contribution >= 4 is 22.8 Å². The normalized spacial score (nSPS) is 12.0. The number of fused-ring (bicyclic) bond motifs is 1. The van der Waals surface area contributed by atoms with Crippen LogP contribution in [0.25, 0.3) is 11.2 Å². The van der Waals surface area contributed by atoms with Crippen molar-refractivity contribution in [3.8, 4) is 0 Å². The van der Waals surface area contributed by atoms with Gasteiger partial charge in [0.1, 0.15) is 0 Å². The summed E-state index contributed by atoms with van der Waals surface area (Å²) in [5.41, 5.74) is 0.548. The largest absolute Gasteiger partial charge is 0.297 e. The Morgan fingerprint density at radius 1 is 1.38 bits per heavy atom. The maximum atomic E-state index is 12.0. The summed E-state index contributed by atoms with van der Waals surface area (Å²) in [6.45, 7) is 5.82. The van der Waals surface area contributed by atoms with Crippen molar-refractivity contribution in [3.05, 3.63) is 33.8 Å². The van der Waals surface area contributed by atoms with Gasteiger partial charge in [0.15, 0.2) is 10.8 Å². The predicted octanol–water partition coefficient (Wildman–Crippen LogP) is 2.20. The molecule has 0 aromatic carbocycles. The number of halogens is 1. The summed E-state index contributed by atoms with van der Waals surface area (Å²) in [4.78, 5) is 20.0. The van der Waals surface area contributed by atoms with Crippen LogP contribution in [0.5, 0.6) is 0 Å². The highest BCUT2D eigenvalue weighted by molar-refractivity contribution is 6.29. The van der Waals surface area contributed by atoms with Crippen molar-refractivity contribution in [2.45, 2.75) is 26.3 Å². The third-order valence-electron chi connectivity index (χ3n) is 2.26. The minimum Gasteiger partial charge on any atom is -0.297 e. The van der Waals surface area contributed by atoms with Crippen molar-refractivity contribution in [2.24, 2.45) is 0 Å². The lowest BCUT2D eigenvalue weighted by Crippen LogP contribution is -2.35. The van der Waals surface area contributed by atoms with E-state index in [1.165, 1.54) is 0 Å². The molecule has 5 heteroatoms. The second-order valence-corrected chi connectivity index (χ2v) is 4.92. The van der Waals surface area contributed by atoms with Gasteiger partial charge in [-0.2, -0.15) is 0 Å². The molecule has 0 aliphatic rings. The molecule has 0 saturated heterocycles. The number of nitrogens with zero attached hydrogens (tertiary/aromatic N) is 3. The fourth-order valence-electron chi connectivity index (χ4n) is 1.66. The summed E-state index contributed by atoms with van der Waals surface area (Å²) in [5.74, 6) is 0. The van der Waals surface area contributed by atoms with Crippen LogP contribution in [0, 0.1) is 0 Å². The van der Waals surface area contributed by atoms with Gasteiger partial charge in [0.2, 0.25) is 0 Å². The summed E-state index contributed by atoms with van der Waals surface area (Å²) in [6, 6.07) is 3.60. The van der Waals surface area contributed by atoms with E-state index in [0.717, 1.165) is 0 Å². The highest BCUT2D eigenvalue weighted by atomic mass is 35.5. The molecule has 0 fully saturated rings. The topological polar surface area (TPSA) is 47.8 Å². The molecule has 0 saturated carbocycles. The Balaban J connectivity index is 2.99. The third kappa shape index (κ3) is 1.69. The maximum absolute atomic E-state index is 12.0. The lowest BCUT2D eigenvalue weighted by Gasteiger charge is -2.24. The smallest absolute Gasteiger partial charge is 0.289 e. The molecule has 2 aromatic rings. The molecule has 0 aliphatic heterocycles. The zero-order valence-corrected chi connectivity index (χ0v) is 10.1. The van der Waals surface area contributed by atoms with Gasteiger partial charge in [-0.3, -0.25) is 9.36 Å². The van der Waals surface area contributed by atoms with Gasteiger partial charge in [0.05, 0.1) is 5.52 Å². The highest BCUT2D eigenvalue weighted by Gasteiger charge is 2.20. The lowest BCUT2D eigenvalue weighted by molar-refractivity contribution is 0.397.